The van der Waals surface area contributed by atoms with Gasteiger partial charge in [-0.25, -0.2) is 0 Å². The Labute approximate surface area is 128 Å². The predicted molar refractivity (Wildman–Crippen MR) is 88.7 cm³/mol. The van der Waals surface area contributed by atoms with Crippen molar-refractivity contribution in [3.8, 4) is 0 Å². The van der Waals surface area contributed by atoms with Gasteiger partial charge in [0.15, 0.2) is 0 Å². The highest BCUT2D eigenvalue weighted by atomic mass is 16.2. The summed E-state index contributed by atoms with van der Waals surface area (Å²) in [4.78, 5) is 13.9. The van der Waals surface area contributed by atoms with Crippen LogP contribution in [0.25, 0.3) is 0 Å². The lowest BCUT2D eigenvalue weighted by molar-refractivity contribution is 0.0828. The number of nitrogens with one attached hydrogen (secondary N) is 1. The van der Waals surface area contributed by atoms with Crippen LogP contribution in [0.1, 0.15) is 55.8 Å². The summed E-state index contributed by atoms with van der Waals surface area (Å²) < 4.78 is 0. The van der Waals surface area contributed by atoms with Gasteiger partial charge in [0, 0.05) is 25.8 Å². The molecule has 1 aromatic carbocycles. The average Bonchev–Trinajstić information content (AvgIpc) is 2.72. The largest absolute Gasteiger partial charge is 0.382 e. The lowest BCUT2D eigenvalue weighted by Crippen LogP contribution is -2.25. The van der Waals surface area contributed by atoms with Crippen molar-refractivity contribution in [2.75, 3.05) is 19.4 Å². The molecule has 2 unspecified atom stereocenters. The van der Waals surface area contributed by atoms with Crippen LogP contribution in [0.15, 0.2) is 24.3 Å². The molecule has 1 amide bonds. The molecule has 1 fully saturated rings. The molecule has 1 aromatic rings. The number of hydrogen-bond acceptors (Lipinski definition) is 2. The zero-order valence-electron chi connectivity index (χ0n) is 13.6. The molecule has 0 aromatic heterocycles. The fourth-order valence-electron chi connectivity index (χ4n) is 3.19. The van der Waals surface area contributed by atoms with Crippen molar-refractivity contribution >= 4 is 11.6 Å². The zero-order chi connectivity index (χ0) is 15.2. The van der Waals surface area contributed by atoms with Crippen LogP contribution in [0.3, 0.4) is 0 Å². The summed E-state index contributed by atoms with van der Waals surface area (Å²) in [5.41, 5.74) is 1.76. The lowest BCUT2D eigenvalue weighted by atomic mass is 9.98. The number of rotatable bonds is 4. The summed E-state index contributed by atoms with van der Waals surface area (Å²) in [6.45, 7) is 2.30. The van der Waals surface area contributed by atoms with Gasteiger partial charge in [0.25, 0.3) is 5.91 Å². The Morgan fingerprint density at radius 3 is 2.67 bits per heavy atom. The van der Waals surface area contributed by atoms with Crippen LogP contribution in [-0.2, 0) is 0 Å². The molecule has 0 radical (unpaired) electrons. The number of amides is 1. The highest BCUT2D eigenvalue weighted by Crippen LogP contribution is 2.28. The van der Waals surface area contributed by atoms with Gasteiger partial charge in [0.1, 0.15) is 0 Å². The van der Waals surface area contributed by atoms with Gasteiger partial charge in [0.2, 0.25) is 0 Å². The Morgan fingerprint density at radius 1 is 1.19 bits per heavy atom. The second kappa shape index (κ2) is 7.48. The minimum absolute atomic E-state index is 0.0677. The van der Waals surface area contributed by atoms with E-state index in [2.05, 4.69) is 12.2 Å². The number of benzene rings is 1. The topological polar surface area (TPSA) is 32.3 Å². The number of carbonyl (C=O) groups is 1. The average molecular weight is 288 g/mol. The maximum Gasteiger partial charge on any atom is 0.255 e. The van der Waals surface area contributed by atoms with Crippen molar-refractivity contribution in [3.05, 3.63) is 29.8 Å². The molecular weight excluding hydrogens is 260 g/mol. The molecule has 0 heterocycles. The quantitative estimate of drug-likeness (QED) is 0.844. The standard InChI is InChI=1S/C18H28N2O/c1-4-14-8-7-9-15(13-12-14)19-17-11-6-5-10-16(17)18(21)20(2)3/h5-6,10-11,14-15,19H,4,7-9,12-13H2,1-3H3. The highest BCUT2D eigenvalue weighted by molar-refractivity contribution is 5.99. The third kappa shape index (κ3) is 4.23. The van der Waals surface area contributed by atoms with Gasteiger partial charge in [-0.1, -0.05) is 38.3 Å². The maximum atomic E-state index is 12.3. The number of nitrogens with zero attached hydrogens (tertiary/aromatic N) is 1. The summed E-state index contributed by atoms with van der Waals surface area (Å²) in [5.74, 6) is 0.952. The van der Waals surface area contributed by atoms with Crippen molar-refractivity contribution in [2.45, 2.75) is 51.5 Å². The Balaban J connectivity index is 2.07. The van der Waals surface area contributed by atoms with E-state index in [-0.39, 0.29) is 5.91 Å². The first-order valence-corrected chi connectivity index (χ1v) is 8.19. The molecule has 2 atom stereocenters. The van der Waals surface area contributed by atoms with Crippen LogP contribution in [0.4, 0.5) is 5.69 Å². The molecule has 0 spiro atoms. The molecule has 1 aliphatic carbocycles. The Bertz CT molecular complexity index is 470. The van der Waals surface area contributed by atoms with E-state index in [4.69, 9.17) is 0 Å². The maximum absolute atomic E-state index is 12.3. The van der Waals surface area contributed by atoms with E-state index in [1.807, 2.05) is 24.3 Å². The van der Waals surface area contributed by atoms with Crippen LogP contribution < -0.4 is 5.32 Å². The molecule has 0 bridgehead atoms. The van der Waals surface area contributed by atoms with Crippen LogP contribution in [-0.4, -0.2) is 30.9 Å². The van der Waals surface area contributed by atoms with Crippen LogP contribution in [0, 0.1) is 5.92 Å². The van der Waals surface area contributed by atoms with Gasteiger partial charge in [-0.2, -0.15) is 0 Å². The van der Waals surface area contributed by atoms with E-state index in [1.54, 1.807) is 19.0 Å². The first-order valence-electron chi connectivity index (χ1n) is 8.19. The van der Waals surface area contributed by atoms with Crippen molar-refractivity contribution in [1.82, 2.24) is 4.90 Å². The zero-order valence-corrected chi connectivity index (χ0v) is 13.6. The molecular formula is C18H28N2O. The van der Waals surface area contributed by atoms with Crippen LogP contribution >= 0.6 is 0 Å². The lowest BCUT2D eigenvalue weighted by Gasteiger charge is -2.21. The van der Waals surface area contributed by atoms with Crippen molar-refractivity contribution in [3.63, 3.8) is 0 Å². The van der Waals surface area contributed by atoms with Crippen molar-refractivity contribution in [2.24, 2.45) is 5.92 Å². The number of hydrogen-bond donors (Lipinski definition) is 1. The van der Waals surface area contributed by atoms with Crippen molar-refractivity contribution in [1.29, 1.82) is 0 Å². The number of anilines is 1. The molecule has 2 rings (SSSR count). The van der Waals surface area contributed by atoms with Gasteiger partial charge in [0.05, 0.1) is 5.56 Å². The van der Waals surface area contributed by atoms with E-state index in [1.165, 1.54) is 38.5 Å². The second-order valence-corrected chi connectivity index (χ2v) is 6.37. The minimum atomic E-state index is 0.0677. The van der Waals surface area contributed by atoms with Gasteiger partial charge in [-0.15, -0.1) is 0 Å². The monoisotopic (exact) mass is 288 g/mol. The van der Waals surface area contributed by atoms with E-state index >= 15 is 0 Å². The first-order chi connectivity index (χ1) is 10.1. The summed E-state index contributed by atoms with van der Waals surface area (Å²) in [5, 5.41) is 3.62. The van der Waals surface area contributed by atoms with E-state index < -0.39 is 0 Å². The molecule has 3 nitrogen and oxygen atoms in total. The molecule has 0 saturated heterocycles. The summed E-state index contributed by atoms with van der Waals surface area (Å²) in [6.07, 6.45) is 7.66. The SMILES string of the molecule is CCC1CCCC(Nc2ccccc2C(=O)N(C)C)CC1. The minimum Gasteiger partial charge on any atom is -0.382 e. The Hall–Kier alpha value is -1.51. The van der Waals surface area contributed by atoms with Gasteiger partial charge >= 0.3 is 0 Å². The number of carbonyl (C=O) groups excluding carboxylic acids is 1. The molecule has 1 saturated carbocycles. The molecule has 1 aliphatic rings. The Kier molecular flexibility index (Phi) is 5.66. The fourth-order valence-corrected chi connectivity index (χ4v) is 3.19. The normalized spacial score (nSPS) is 22.4. The molecule has 1 N–H and O–H groups in total. The summed E-state index contributed by atoms with van der Waals surface area (Å²) in [6, 6.07) is 8.37. The molecule has 3 heteroatoms. The number of para-hydroxylation sites is 1. The fraction of sp³-hybridized carbons (Fsp3) is 0.611. The molecule has 0 aliphatic heterocycles. The summed E-state index contributed by atoms with van der Waals surface area (Å²) >= 11 is 0. The second-order valence-electron chi connectivity index (χ2n) is 6.37. The van der Waals surface area contributed by atoms with E-state index in [0.29, 0.717) is 6.04 Å². The Morgan fingerprint density at radius 2 is 1.95 bits per heavy atom. The third-order valence-electron chi connectivity index (χ3n) is 4.59. The van der Waals surface area contributed by atoms with Crippen molar-refractivity contribution < 1.29 is 4.79 Å². The predicted octanol–water partition coefficient (Wildman–Crippen LogP) is 4.16. The third-order valence-corrected chi connectivity index (χ3v) is 4.59. The van der Waals surface area contributed by atoms with E-state index in [0.717, 1.165) is 17.2 Å². The summed E-state index contributed by atoms with van der Waals surface area (Å²) in [7, 11) is 3.60. The first kappa shape index (κ1) is 15.9. The highest BCUT2D eigenvalue weighted by Gasteiger charge is 2.20. The van der Waals surface area contributed by atoms with Gasteiger partial charge in [-0.3, -0.25) is 4.79 Å². The van der Waals surface area contributed by atoms with Crippen LogP contribution in [0.5, 0.6) is 0 Å². The smallest absolute Gasteiger partial charge is 0.255 e. The van der Waals surface area contributed by atoms with E-state index in [9.17, 15) is 4.79 Å². The molecule has 116 valence electrons. The van der Waals surface area contributed by atoms with Crippen LogP contribution in [0.2, 0.25) is 0 Å². The van der Waals surface area contributed by atoms with Gasteiger partial charge < -0.3 is 10.2 Å². The van der Waals surface area contributed by atoms with Gasteiger partial charge in [-0.05, 0) is 37.3 Å². The molecule has 21 heavy (non-hydrogen) atoms.